The van der Waals surface area contributed by atoms with E-state index in [1.54, 1.807) is 0 Å². The summed E-state index contributed by atoms with van der Waals surface area (Å²) in [5, 5.41) is 39.9. The summed E-state index contributed by atoms with van der Waals surface area (Å²) in [6.07, 6.45) is 10.0. The zero-order chi connectivity index (χ0) is 32.4. The van der Waals surface area contributed by atoms with Crippen LogP contribution in [-0.4, -0.2) is 23.9 Å². The van der Waals surface area contributed by atoms with E-state index in [1.807, 2.05) is 121 Å². The second-order valence-electron chi connectivity index (χ2n) is 8.25. The minimum atomic E-state index is -1.17. The van der Waals surface area contributed by atoms with E-state index in [0.29, 0.717) is 0 Å². The van der Waals surface area contributed by atoms with Crippen molar-refractivity contribution in [1.82, 2.24) is 0 Å². The van der Waals surface area contributed by atoms with Crippen LogP contribution in [0.1, 0.15) is 22.3 Å². The van der Waals surface area contributed by atoms with E-state index in [4.69, 9.17) is 0 Å². The van der Waals surface area contributed by atoms with Crippen molar-refractivity contribution in [2.45, 2.75) is 0 Å². The summed E-state index contributed by atoms with van der Waals surface area (Å²) < 4.78 is 0. The van der Waals surface area contributed by atoms with Crippen LogP contribution < -0.4 is 20.4 Å². The van der Waals surface area contributed by atoms with Gasteiger partial charge in [-0.25, -0.2) is 0 Å². The number of carbonyl (C=O) groups is 4. The number of carboxylic acids is 4. The van der Waals surface area contributed by atoms with Gasteiger partial charge in [0.25, 0.3) is 0 Å². The first kappa shape index (κ1) is 38.7. The van der Waals surface area contributed by atoms with Gasteiger partial charge in [-0.15, -0.1) is 0 Å². The van der Waals surface area contributed by atoms with Crippen molar-refractivity contribution in [3.8, 4) is 0 Å². The van der Waals surface area contributed by atoms with Crippen molar-refractivity contribution >= 4 is 48.2 Å². The van der Waals surface area contributed by atoms with Crippen molar-refractivity contribution in [2.24, 2.45) is 0 Å². The van der Waals surface area contributed by atoms with Gasteiger partial charge in [0.15, 0.2) is 0 Å². The molecule has 45 heavy (non-hydrogen) atoms. The number of hydrogen-bond acceptors (Lipinski definition) is 8. The standard InChI is InChI=1S/4C9H8O2.C/c4*10-9(11)7-6-8-4-2-1-3-5-8;/h4*1-7H,(H,10,11);/q;;;;+4/p-4. The molecular formula is C37H28O8. The Hall–Kier alpha value is -6.28. The third-order valence-electron chi connectivity index (χ3n) is 4.85. The normalized spacial score (nSPS) is 9.96. The molecule has 4 aromatic carbocycles. The molecule has 4 rings (SSSR count). The molecular weight excluding hydrogens is 572 g/mol. The molecule has 0 saturated heterocycles. The molecule has 0 heterocycles. The fraction of sp³-hybridized carbons (Fsp3) is 0. The van der Waals surface area contributed by atoms with Gasteiger partial charge in [-0.2, -0.15) is 0 Å². The largest absolute Gasteiger partial charge is 4.00 e. The molecule has 8 heteroatoms. The SMILES string of the molecule is O=C([O-])C=Cc1ccccc1.O=C([O-])C=Cc1ccccc1.O=C([O-])C=Cc1ccccc1.O=C([O-])C=Cc1ccccc1.[C+4]. The van der Waals surface area contributed by atoms with Gasteiger partial charge in [0, 0.05) is 0 Å². The van der Waals surface area contributed by atoms with E-state index in [2.05, 4.69) is 0 Å². The van der Waals surface area contributed by atoms with Gasteiger partial charge in [0.2, 0.25) is 0 Å². The Balaban J connectivity index is 0.000000569. The molecule has 0 aliphatic rings. The molecule has 0 bridgehead atoms. The van der Waals surface area contributed by atoms with Crippen LogP contribution in [0.3, 0.4) is 0 Å². The molecule has 224 valence electrons. The van der Waals surface area contributed by atoms with Gasteiger partial charge >= 0.3 is 7.43 Å². The van der Waals surface area contributed by atoms with E-state index < -0.39 is 23.9 Å². The average Bonchev–Trinajstić information content (AvgIpc) is 3.04. The topological polar surface area (TPSA) is 161 Å². The summed E-state index contributed by atoms with van der Waals surface area (Å²) in [4.78, 5) is 39.9. The van der Waals surface area contributed by atoms with E-state index in [9.17, 15) is 39.6 Å². The van der Waals surface area contributed by atoms with E-state index >= 15 is 0 Å². The molecule has 0 fully saturated rings. The Labute approximate surface area is 262 Å². The fourth-order valence-corrected chi connectivity index (χ4v) is 2.91. The monoisotopic (exact) mass is 600 g/mol. The maximum absolute atomic E-state index is 9.97. The molecule has 0 spiro atoms. The third-order valence-corrected chi connectivity index (χ3v) is 4.85. The van der Waals surface area contributed by atoms with Gasteiger partial charge in [-0.05, 0) is 46.6 Å². The van der Waals surface area contributed by atoms with E-state index in [0.717, 1.165) is 46.6 Å². The predicted molar refractivity (Wildman–Crippen MR) is 165 cm³/mol. The first-order chi connectivity index (χ1) is 21.2. The first-order valence-corrected chi connectivity index (χ1v) is 12.9. The number of carbonyl (C=O) groups excluding carboxylic acids is 4. The van der Waals surface area contributed by atoms with E-state index in [-0.39, 0.29) is 7.43 Å². The summed E-state index contributed by atoms with van der Waals surface area (Å²) in [5.74, 6) is -4.69. The Morgan fingerprint density at radius 2 is 0.489 bits per heavy atom. The van der Waals surface area contributed by atoms with Crippen LogP contribution in [-0.2, 0) is 19.2 Å². The van der Waals surface area contributed by atoms with Gasteiger partial charge in [0.1, 0.15) is 0 Å². The van der Waals surface area contributed by atoms with Crippen LogP contribution in [0.2, 0.25) is 0 Å². The van der Waals surface area contributed by atoms with Gasteiger partial charge in [0.05, 0.1) is 23.9 Å². The number of aliphatic carboxylic acids is 4. The van der Waals surface area contributed by atoms with Crippen molar-refractivity contribution in [2.75, 3.05) is 0 Å². The number of carboxylic acid groups (broad SMARTS) is 4. The number of hydrogen-bond donors (Lipinski definition) is 0. The molecule has 0 atom stereocenters. The van der Waals surface area contributed by atoms with Crippen LogP contribution in [0.5, 0.6) is 0 Å². The summed E-state index contributed by atoms with van der Waals surface area (Å²) >= 11 is 0. The van der Waals surface area contributed by atoms with Crippen molar-refractivity contribution in [3.63, 3.8) is 0 Å². The second kappa shape index (κ2) is 24.3. The Kier molecular flexibility index (Phi) is 20.9. The fourth-order valence-electron chi connectivity index (χ4n) is 2.91. The summed E-state index contributed by atoms with van der Waals surface area (Å²) in [6, 6.07) is 36.8. The van der Waals surface area contributed by atoms with Gasteiger partial charge in [-0.1, -0.05) is 146 Å². The minimum Gasteiger partial charge on any atom is -0.545 e. The smallest absolute Gasteiger partial charge is 0.545 e. The second-order valence-corrected chi connectivity index (χ2v) is 8.25. The average molecular weight is 601 g/mol. The summed E-state index contributed by atoms with van der Waals surface area (Å²) in [6.45, 7) is 0. The quantitative estimate of drug-likeness (QED) is 0.277. The van der Waals surface area contributed by atoms with Crippen LogP contribution >= 0.6 is 0 Å². The summed E-state index contributed by atoms with van der Waals surface area (Å²) in [7, 11) is 0. The Bertz CT molecular complexity index is 1290. The Morgan fingerprint density at radius 1 is 0.333 bits per heavy atom. The maximum atomic E-state index is 9.97. The van der Waals surface area contributed by atoms with Gasteiger partial charge in [-0.3, -0.25) is 0 Å². The summed E-state index contributed by atoms with van der Waals surface area (Å²) in [5.41, 5.74) is 3.43. The molecule has 4 aromatic rings. The molecule has 0 saturated carbocycles. The molecule has 0 aliphatic carbocycles. The third kappa shape index (κ3) is 23.0. The zero-order valence-corrected chi connectivity index (χ0v) is 23.9. The molecule has 0 radical (unpaired) electrons. The maximum Gasteiger partial charge on any atom is 4.00 e. The molecule has 0 aliphatic heterocycles. The van der Waals surface area contributed by atoms with E-state index in [1.165, 1.54) is 24.3 Å². The van der Waals surface area contributed by atoms with Crippen molar-refractivity contribution in [1.29, 1.82) is 0 Å². The van der Waals surface area contributed by atoms with Crippen molar-refractivity contribution in [3.05, 3.63) is 175 Å². The first-order valence-electron chi connectivity index (χ1n) is 12.9. The minimum absolute atomic E-state index is 0. The van der Waals surface area contributed by atoms with Gasteiger partial charge < -0.3 is 39.6 Å². The van der Waals surface area contributed by atoms with Crippen LogP contribution in [0.15, 0.2) is 146 Å². The number of rotatable bonds is 8. The molecule has 8 nitrogen and oxygen atoms in total. The zero-order valence-electron chi connectivity index (χ0n) is 23.9. The molecule has 0 amide bonds. The van der Waals surface area contributed by atoms with Crippen LogP contribution in [0.25, 0.3) is 24.3 Å². The van der Waals surface area contributed by atoms with Crippen molar-refractivity contribution < 1.29 is 39.6 Å². The molecule has 0 aromatic heterocycles. The predicted octanol–water partition coefficient (Wildman–Crippen LogP) is 1.88. The molecule has 0 unspecified atom stereocenters. The molecule has 0 N–H and O–H groups in total. The van der Waals surface area contributed by atoms with Crippen LogP contribution in [0, 0.1) is 7.43 Å². The number of benzene rings is 4. The Morgan fingerprint density at radius 3 is 0.622 bits per heavy atom. The van der Waals surface area contributed by atoms with Crippen LogP contribution in [0.4, 0.5) is 0 Å².